The molecule has 1 aromatic carbocycles. The molecule has 1 aliphatic rings. The van der Waals surface area contributed by atoms with E-state index in [1.54, 1.807) is 0 Å². The van der Waals surface area contributed by atoms with Crippen LogP contribution < -0.4 is 15.4 Å². The molecule has 0 bridgehead atoms. The standard InChI is InChI=1S/C13H17FN2O2.ClH/c14-10-3-5-12(6-4-10)18-9-13(17)16-8-11-2-1-7-15-11;/h3-6,11,15H,1-2,7-9H2,(H,16,17);1H. The Kier molecular flexibility index (Phi) is 6.59. The van der Waals surface area contributed by atoms with Gasteiger partial charge < -0.3 is 15.4 Å². The maximum Gasteiger partial charge on any atom is 0.257 e. The van der Waals surface area contributed by atoms with Crippen LogP contribution in [0.15, 0.2) is 24.3 Å². The van der Waals surface area contributed by atoms with E-state index in [0.717, 1.165) is 19.4 Å². The van der Waals surface area contributed by atoms with E-state index in [2.05, 4.69) is 10.6 Å². The van der Waals surface area contributed by atoms with Crippen molar-refractivity contribution in [3.8, 4) is 5.75 Å². The third-order valence-electron chi connectivity index (χ3n) is 2.89. The first-order valence-electron chi connectivity index (χ1n) is 6.12. The molecule has 1 saturated heterocycles. The summed E-state index contributed by atoms with van der Waals surface area (Å²) in [5.41, 5.74) is 0. The number of benzene rings is 1. The third-order valence-corrected chi connectivity index (χ3v) is 2.89. The van der Waals surface area contributed by atoms with Gasteiger partial charge in [0, 0.05) is 12.6 Å². The van der Waals surface area contributed by atoms with Gasteiger partial charge in [-0.15, -0.1) is 12.4 Å². The van der Waals surface area contributed by atoms with Crippen LogP contribution in [0.3, 0.4) is 0 Å². The van der Waals surface area contributed by atoms with Gasteiger partial charge in [0.25, 0.3) is 5.91 Å². The fraction of sp³-hybridized carbons (Fsp3) is 0.462. The molecule has 6 heteroatoms. The summed E-state index contributed by atoms with van der Waals surface area (Å²) >= 11 is 0. The van der Waals surface area contributed by atoms with Crippen LogP contribution in [0.2, 0.25) is 0 Å². The van der Waals surface area contributed by atoms with Gasteiger partial charge in [0.15, 0.2) is 6.61 Å². The third kappa shape index (κ3) is 5.44. The van der Waals surface area contributed by atoms with E-state index in [4.69, 9.17) is 4.74 Å². The second-order valence-electron chi connectivity index (χ2n) is 4.34. The quantitative estimate of drug-likeness (QED) is 0.863. The van der Waals surface area contributed by atoms with E-state index in [-0.39, 0.29) is 30.7 Å². The molecule has 19 heavy (non-hydrogen) atoms. The summed E-state index contributed by atoms with van der Waals surface area (Å²) in [6.07, 6.45) is 2.26. The first-order chi connectivity index (χ1) is 8.74. The number of rotatable bonds is 5. The lowest BCUT2D eigenvalue weighted by Crippen LogP contribution is -2.39. The Morgan fingerprint density at radius 1 is 1.42 bits per heavy atom. The van der Waals surface area contributed by atoms with Gasteiger partial charge >= 0.3 is 0 Å². The molecule has 1 heterocycles. The fourth-order valence-corrected chi connectivity index (χ4v) is 1.90. The molecule has 0 spiro atoms. The van der Waals surface area contributed by atoms with Gasteiger partial charge in [0.2, 0.25) is 0 Å². The topological polar surface area (TPSA) is 50.4 Å². The van der Waals surface area contributed by atoms with Crippen molar-refractivity contribution in [3.05, 3.63) is 30.1 Å². The van der Waals surface area contributed by atoms with Crippen LogP contribution in [0.5, 0.6) is 5.75 Å². The molecular formula is C13H18ClFN2O2. The van der Waals surface area contributed by atoms with E-state index in [1.165, 1.54) is 24.3 Å². The zero-order valence-electron chi connectivity index (χ0n) is 10.5. The van der Waals surface area contributed by atoms with Gasteiger partial charge in [-0.2, -0.15) is 0 Å². The van der Waals surface area contributed by atoms with Crippen LogP contribution in [0, 0.1) is 5.82 Å². The van der Waals surface area contributed by atoms with Crippen molar-refractivity contribution in [3.63, 3.8) is 0 Å². The highest BCUT2D eigenvalue weighted by Crippen LogP contribution is 2.10. The Bertz CT molecular complexity index is 394. The number of carbonyl (C=O) groups is 1. The number of hydrogen-bond acceptors (Lipinski definition) is 3. The summed E-state index contributed by atoms with van der Waals surface area (Å²) in [5.74, 6) is 0.0117. The average molecular weight is 289 g/mol. The molecule has 1 aliphatic heterocycles. The monoisotopic (exact) mass is 288 g/mol. The molecule has 1 aromatic rings. The van der Waals surface area contributed by atoms with Gasteiger partial charge in [-0.05, 0) is 43.7 Å². The first kappa shape index (κ1) is 15.7. The van der Waals surface area contributed by atoms with Crippen molar-refractivity contribution < 1.29 is 13.9 Å². The van der Waals surface area contributed by atoms with Crippen molar-refractivity contribution in [2.45, 2.75) is 18.9 Å². The molecule has 1 fully saturated rings. The largest absolute Gasteiger partial charge is 0.484 e. The summed E-state index contributed by atoms with van der Waals surface area (Å²) in [6.45, 7) is 1.61. The number of carbonyl (C=O) groups excluding carboxylic acids is 1. The van der Waals surface area contributed by atoms with Crippen molar-refractivity contribution >= 4 is 18.3 Å². The number of hydrogen-bond donors (Lipinski definition) is 2. The van der Waals surface area contributed by atoms with Gasteiger partial charge in [0.1, 0.15) is 11.6 Å². The highest BCUT2D eigenvalue weighted by molar-refractivity contribution is 5.85. The SMILES string of the molecule is Cl.O=C(COc1ccc(F)cc1)NCC1CCCN1. The van der Waals surface area contributed by atoms with Crippen LogP contribution in [-0.4, -0.2) is 31.6 Å². The number of ether oxygens (including phenoxy) is 1. The molecule has 0 aromatic heterocycles. The lowest BCUT2D eigenvalue weighted by atomic mass is 10.2. The summed E-state index contributed by atoms with van der Waals surface area (Å²) < 4.78 is 17.9. The molecule has 0 saturated carbocycles. The number of nitrogens with one attached hydrogen (secondary N) is 2. The Hall–Kier alpha value is -1.33. The van der Waals surface area contributed by atoms with E-state index >= 15 is 0 Å². The molecule has 2 rings (SSSR count). The highest BCUT2D eigenvalue weighted by Gasteiger charge is 2.14. The molecule has 1 amide bonds. The normalized spacial score (nSPS) is 17.6. The molecule has 1 atom stereocenters. The van der Waals surface area contributed by atoms with Crippen molar-refractivity contribution in [2.24, 2.45) is 0 Å². The minimum atomic E-state index is -0.320. The van der Waals surface area contributed by atoms with E-state index in [1.807, 2.05) is 0 Å². The zero-order valence-corrected chi connectivity index (χ0v) is 11.3. The Balaban J connectivity index is 0.00000180. The maximum absolute atomic E-state index is 12.6. The first-order valence-corrected chi connectivity index (χ1v) is 6.12. The highest BCUT2D eigenvalue weighted by atomic mass is 35.5. The van der Waals surface area contributed by atoms with E-state index < -0.39 is 0 Å². The van der Waals surface area contributed by atoms with E-state index in [0.29, 0.717) is 18.3 Å². The zero-order chi connectivity index (χ0) is 12.8. The molecule has 0 radical (unpaired) electrons. The molecular weight excluding hydrogens is 271 g/mol. The Morgan fingerprint density at radius 2 is 2.16 bits per heavy atom. The molecule has 2 N–H and O–H groups in total. The van der Waals surface area contributed by atoms with Crippen LogP contribution in [0.4, 0.5) is 4.39 Å². The van der Waals surface area contributed by atoms with E-state index in [9.17, 15) is 9.18 Å². The van der Waals surface area contributed by atoms with Crippen LogP contribution in [0.1, 0.15) is 12.8 Å². The summed E-state index contributed by atoms with van der Waals surface area (Å²) in [5, 5.41) is 6.10. The second kappa shape index (κ2) is 7.96. The average Bonchev–Trinajstić information content (AvgIpc) is 2.89. The molecule has 1 unspecified atom stereocenters. The minimum absolute atomic E-state index is 0. The van der Waals surface area contributed by atoms with Crippen LogP contribution in [0.25, 0.3) is 0 Å². The van der Waals surface area contributed by atoms with Gasteiger partial charge in [0.05, 0.1) is 0 Å². The van der Waals surface area contributed by atoms with Gasteiger partial charge in [-0.3, -0.25) is 4.79 Å². The van der Waals surface area contributed by atoms with Crippen LogP contribution in [-0.2, 0) is 4.79 Å². The lowest BCUT2D eigenvalue weighted by molar-refractivity contribution is -0.123. The number of amides is 1. The van der Waals surface area contributed by atoms with Crippen LogP contribution >= 0.6 is 12.4 Å². The van der Waals surface area contributed by atoms with Gasteiger partial charge in [-0.1, -0.05) is 0 Å². The Labute approximate surface area is 118 Å². The summed E-state index contributed by atoms with van der Waals surface area (Å²) in [4.78, 5) is 11.5. The summed E-state index contributed by atoms with van der Waals surface area (Å²) in [7, 11) is 0. The van der Waals surface area contributed by atoms with Crippen molar-refractivity contribution in [1.82, 2.24) is 10.6 Å². The Morgan fingerprint density at radius 3 is 2.79 bits per heavy atom. The van der Waals surface area contributed by atoms with Gasteiger partial charge in [-0.25, -0.2) is 4.39 Å². The maximum atomic E-state index is 12.6. The molecule has 4 nitrogen and oxygen atoms in total. The molecule has 106 valence electrons. The minimum Gasteiger partial charge on any atom is -0.484 e. The van der Waals surface area contributed by atoms with Crippen molar-refractivity contribution in [1.29, 1.82) is 0 Å². The fourth-order valence-electron chi connectivity index (χ4n) is 1.90. The smallest absolute Gasteiger partial charge is 0.257 e. The van der Waals surface area contributed by atoms with Crippen molar-refractivity contribution in [2.75, 3.05) is 19.7 Å². The molecule has 0 aliphatic carbocycles. The predicted molar refractivity (Wildman–Crippen MR) is 73.2 cm³/mol. The summed E-state index contributed by atoms with van der Waals surface area (Å²) in [6, 6.07) is 5.98. The predicted octanol–water partition coefficient (Wildman–Crippen LogP) is 1.49. The second-order valence-corrected chi connectivity index (χ2v) is 4.34. The lowest BCUT2D eigenvalue weighted by Gasteiger charge is -2.11. The number of halogens is 2.